The summed E-state index contributed by atoms with van der Waals surface area (Å²) in [5.74, 6) is 0.245. The van der Waals surface area contributed by atoms with Gasteiger partial charge in [0.25, 0.3) is 0 Å². The third-order valence-electron chi connectivity index (χ3n) is 1.56. The molecular formula is C7H15NOS. The summed E-state index contributed by atoms with van der Waals surface area (Å²) in [4.78, 5) is 10.9. The summed E-state index contributed by atoms with van der Waals surface area (Å²) in [5, 5.41) is 3.16. The van der Waals surface area contributed by atoms with Crippen LogP contribution in [0.5, 0.6) is 0 Å². The highest BCUT2D eigenvalue weighted by Gasteiger charge is 2.18. The highest BCUT2D eigenvalue weighted by molar-refractivity contribution is 8.00. The fourth-order valence-electron chi connectivity index (χ4n) is 0.874. The van der Waals surface area contributed by atoms with Crippen molar-refractivity contribution in [1.82, 2.24) is 5.32 Å². The Bertz CT molecular complexity index is 116. The van der Waals surface area contributed by atoms with Crippen LogP contribution in [-0.4, -0.2) is 30.4 Å². The first-order chi connectivity index (χ1) is 4.63. The topological polar surface area (TPSA) is 29.1 Å². The standard InChI is InChI=1S/C7H15NOS/c1-5(8-3)7(10-4)6(2)9/h5,7-8H,1-4H3. The Labute approximate surface area is 66.8 Å². The van der Waals surface area contributed by atoms with Crippen molar-refractivity contribution in [3.05, 3.63) is 0 Å². The molecule has 0 rings (SSSR count). The van der Waals surface area contributed by atoms with E-state index in [4.69, 9.17) is 0 Å². The first-order valence-electron chi connectivity index (χ1n) is 3.34. The Morgan fingerprint density at radius 2 is 2.10 bits per heavy atom. The van der Waals surface area contributed by atoms with Crippen molar-refractivity contribution in [3.8, 4) is 0 Å². The zero-order valence-electron chi connectivity index (χ0n) is 6.97. The van der Waals surface area contributed by atoms with Crippen LogP contribution in [-0.2, 0) is 4.79 Å². The molecule has 0 radical (unpaired) electrons. The van der Waals surface area contributed by atoms with Crippen molar-refractivity contribution in [1.29, 1.82) is 0 Å². The summed E-state index contributed by atoms with van der Waals surface area (Å²) in [7, 11) is 1.87. The van der Waals surface area contributed by atoms with Gasteiger partial charge in [0.1, 0.15) is 5.78 Å². The monoisotopic (exact) mass is 161 g/mol. The molecule has 10 heavy (non-hydrogen) atoms. The number of ketones is 1. The molecule has 0 aromatic rings. The summed E-state index contributed by atoms with van der Waals surface area (Å²) in [6.07, 6.45) is 1.96. The summed E-state index contributed by atoms with van der Waals surface area (Å²) >= 11 is 1.60. The van der Waals surface area contributed by atoms with Crippen molar-refractivity contribution in [2.24, 2.45) is 0 Å². The lowest BCUT2D eigenvalue weighted by atomic mass is 10.2. The van der Waals surface area contributed by atoms with E-state index in [9.17, 15) is 4.79 Å². The van der Waals surface area contributed by atoms with Crippen LogP contribution in [0, 0.1) is 0 Å². The minimum atomic E-state index is 0.102. The van der Waals surface area contributed by atoms with Gasteiger partial charge in [0.2, 0.25) is 0 Å². The molecule has 0 saturated carbocycles. The van der Waals surface area contributed by atoms with Gasteiger partial charge < -0.3 is 5.32 Å². The molecule has 0 aromatic heterocycles. The number of thioether (sulfide) groups is 1. The van der Waals surface area contributed by atoms with Gasteiger partial charge in [-0.3, -0.25) is 4.79 Å². The molecule has 0 saturated heterocycles. The average Bonchev–Trinajstić information content (AvgIpc) is 1.88. The SMILES string of the molecule is CNC(C)C(SC)C(C)=O. The van der Waals surface area contributed by atoms with E-state index in [1.54, 1.807) is 18.7 Å². The normalized spacial score (nSPS) is 16.4. The van der Waals surface area contributed by atoms with E-state index in [1.165, 1.54) is 0 Å². The number of hydrogen-bond donors (Lipinski definition) is 1. The van der Waals surface area contributed by atoms with Crippen molar-refractivity contribution in [2.75, 3.05) is 13.3 Å². The Morgan fingerprint density at radius 3 is 2.20 bits per heavy atom. The minimum Gasteiger partial charge on any atom is -0.316 e. The molecule has 0 aliphatic heterocycles. The van der Waals surface area contributed by atoms with Crippen LogP contribution in [0.2, 0.25) is 0 Å². The minimum absolute atomic E-state index is 0.102. The second kappa shape index (κ2) is 4.74. The summed E-state index contributed by atoms with van der Waals surface area (Å²) in [6.45, 7) is 3.65. The van der Waals surface area contributed by atoms with Crippen molar-refractivity contribution in [3.63, 3.8) is 0 Å². The van der Waals surface area contributed by atoms with Gasteiger partial charge >= 0.3 is 0 Å². The highest BCUT2D eigenvalue weighted by atomic mass is 32.2. The molecule has 0 aromatic carbocycles. The number of carbonyl (C=O) groups excluding carboxylic acids is 1. The van der Waals surface area contributed by atoms with Crippen molar-refractivity contribution < 1.29 is 4.79 Å². The maximum absolute atomic E-state index is 10.9. The zero-order valence-corrected chi connectivity index (χ0v) is 7.79. The van der Waals surface area contributed by atoms with Crippen LogP contribution in [0.25, 0.3) is 0 Å². The van der Waals surface area contributed by atoms with E-state index in [2.05, 4.69) is 5.32 Å². The Morgan fingerprint density at radius 1 is 1.60 bits per heavy atom. The lowest BCUT2D eigenvalue weighted by molar-refractivity contribution is -0.116. The number of rotatable bonds is 4. The molecule has 60 valence electrons. The van der Waals surface area contributed by atoms with Gasteiger partial charge in [-0.25, -0.2) is 0 Å². The molecule has 1 N–H and O–H groups in total. The molecular weight excluding hydrogens is 146 g/mol. The highest BCUT2D eigenvalue weighted by Crippen LogP contribution is 2.11. The van der Waals surface area contributed by atoms with Gasteiger partial charge in [0.15, 0.2) is 0 Å². The molecule has 2 unspecified atom stereocenters. The third kappa shape index (κ3) is 2.71. The van der Waals surface area contributed by atoms with Gasteiger partial charge in [-0.1, -0.05) is 0 Å². The van der Waals surface area contributed by atoms with E-state index in [1.807, 2.05) is 20.2 Å². The predicted molar refractivity (Wildman–Crippen MR) is 46.5 cm³/mol. The molecule has 2 atom stereocenters. The van der Waals surface area contributed by atoms with Gasteiger partial charge in [-0.15, -0.1) is 0 Å². The fraction of sp³-hybridized carbons (Fsp3) is 0.857. The Balaban J connectivity index is 3.92. The van der Waals surface area contributed by atoms with Gasteiger partial charge in [0, 0.05) is 6.04 Å². The molecule has 0 heterocycles. The molecule has 3 heteroatoms. The second-order valence-electron chi connectivity index (χ2n) is 2.34. The van der Waals surface area contributed by atoms with E-state index in [-0.39, 0.29) is 17.1 Å². The number of carbonyl (C=O) groups is 1. The Kier molecular flexibility index (Phi) is 4.73. The lowest BCUT2D eigenvalue weighted by Crippen LogP contribution is -2.36. The number of nitrogens with one attached hydrogen (secondary N) is 1. The maximum atomic E-state index is 10.9. The quantitative estimate of drug-likeness (QED) is 0.664. The van der Waals surface area contributed by atoms with Crippen LogP contribution < -0.4 is 5.32 Å². The lowest BCUT2D eigenvalue weighted by Gasteiger charge is -2.18. The second-order valence-corrected chi connectivity index (χ2v) is 3.32. The van der Waals surface area contributed by atoms with Gasteiger partial charge in [-0.2, -0.15) is 11.8 Å². The molecule has 0 bridgehead atoms. The smallest absolute Gasteiger partial charge is 0.144 e. The van der Waals surface area contributed by atoms with Crippen molar-refractivity contribution in [2.45, 2.75) is 25.1 Å². The van der Waals surface area contributed by atoms with E-state index in [0.717, 1.165) is 0 Å². The van der Waals surface area contributed by atoms with Gasteiger partial charge in [-0.05, 0) is 27.2 Å². The van der Waals surface area contributed by atoms with Crippen LogP contribution in [0.4, 0.5) is 0 Å². The van der Waals surface area contributed by atoms with Crippen LogP contribution in [0.15, 0.2) is 0 Å². The largest absolute Gasteiger partial charge is 0.316 e. The third-order valence-corrected chi connectivity index (χ3v) is 2.81. The van der Waals surface area contributed by atoms with E-state index in [0.29, 0.717) is 0 Å². The number of Topliss-reactive ketones (excluding diaryl/α,β-unsaturated/α-hetero) is 1. The fourth-order valence-corrected chi connectivity index (χ4v) is 1.75. The zero-order chi connectivity index (χ0) is 8.15. The van der Waals surface area contributed by atoms with Crippen LogP contribution in [0.3, 0.4) is 0 Å². The maximum Gasteiger partial charge on any atom is 0.144 e. The first-order valence-corrected chi connectivity index (χ1v) is 4.62. The van der Waals surface area contributed by atoms with Crippen LogP contribution >= 0.6 is 11.8 Å². The molecule has 0 amide bonds. The van der Waals surface area contributed by atoms with E-state index < -0.39 is 0 Å². The van der Waals surface area contributed by atoms with Crippen LogP contribution in [0.1, 0.15) is 13.8 Å². The molecule has 0 spiro atoms. The molecule has 0 aliphatic carbocycles. The number of hydrogen-bond acceptors (Lipinski definition) is 3. The Hall–Kier alpha value is -0.0200. The summed E-state index contributed by atoms with van der Waals surface area (Å²) < 4.78 is 0. The van der Waals surface area contributed by atoms with Crippen molar-refractivity contribution >= 4 is 17.5 Å². The summed E-state index contributed by atoms with van der Waals surface area (Å²) in [6, 6.07) is 0.271. The van der Waals surface area contributed by atoms with Gasteiger partial charge in [0.05, 0.1) is 5.25 Å². The van der Waals surface area contributed by atoms with E-state index >= 15 is 0 Å². The predicted octanol–water partition coefficient (Wildman–Crippen LogP) is 0.915. The molecule has 2 nitrogen and oxygen atoms in total. The molecule has 0 aliphatic rings. The average molecular weight is 161 g/mol. The summed E-state index contributed by atoms with van der Waals surface area (Å²) in [5.41, 5.74) is 0. The molecule has 0 fully saturated rings. The first kappa shape index (κ1) is 9.98.